The third-order valence-electron chi connectivity index (χ3n) is 3.21. The molecule has 0 saturated heterocycles. The lowest BCUT2D eigenvalue weighted by molar-refractivity contribution is -0.117. The topological polar surface area (TPSA) is 78.9 Å². The molecule has 0 unspecified atom stereocenters. The highest BCUT2D eigenvalue weighted by molar-refractivity contribution is 6.00. The van der Waals surface area contributed by atoms with Crippen LogP contribution < -0.4 is 10.6 Å². The number of hydrogen-bond acceptors (Lipinski definition) is 3. The first kappa shape index (κ1) is 14.6. The molecule has 0 aliphatic rings. The highest BCUT2D eigenvalue weighted by atomic mass is 16.4. The van der Waals surface area contributed by atoms with Gasteiger partial charge in [-0.2, -0.15) is 0 Å². The average Bonchev–Trinajstić information content (AvgIpc) is 2.54. The van der Waals surface area contributed by atoms with Gasteiger partial charge in [0.05, 0.1) is 6.42 Å². The average molecular weight is 283 g/mol. The Bertz CT molecular complexity index is 654. The predicted molar refractivity (Wildman–Crippen MR) is 82.5 cm³/mol. The lowest BCUT2D eigenvalue weighted by Crippen LogP contribution is -2.28. The number of oxime groups is 1. The van der Waals surface area contributed by atoms with Crippen LogP contribution in [0.2, 0.25) is 0 Å². The normalized spacial score (nSPS) is 11.2. The van der Waals surface area contributed by atoms with Crippen molar-refractivity contribution in [2.24, 2.45) is 10.9 Å². The highest BCUT2D eigenvalue weighted by Gasteiger charge is 2.12. The number of rotatable bonds is 4. The smallest absolute Gasteiger partial charge is 0.231 e. The Morgan fingerprint density at radius 2 is 1.90 bits per heavy atom. The molecule has 0 heterocycles. The summed E-state index contributed by atoms with van der Waals surface area (Å²) >= 11 is 0. The summed E-state index contributed by atoms with van der Waals surface area (Å²) < 4.78 is 0. The van der Waals surface area contributed by atoms with Crippen LogP contribution in [-0.2, 0) is 11.2 Å². The number of benzene rings is 2. The van der Waals surface area contributed by atoms with Gasteiger partial charge in [-0.1, -0.05) is 47.6 Å². The fourth-order valence-corrected chi connectivity index (χ4v) is 1.96. The van der Waals surface area contributed by atoms with Gasteiger partial charge in [-0.05, 0) is 17.7 Å². The predicted octanol–water partition coefficient (Wildman–Crippen LogP) is 1.99. The zero-order valence-electron chi connectivity index (χ0n) is 11.7. The molecular weight excluding hydrogens is 266 g/mol. The van der Waals surface area contributed by atoms with Gasteiger partial charge in [0.2, 0.25) is 5.91 Å². The van der Waals surface area contributed by atoms with Gasteiger partial charge in [0, 0.05) is 18.3 Å². The molecule has 0 radical (unpaired) electrons. The summed E-state index contributed by atoms with van der Waals surface area (Å²) in [7, 11) is 1.71. The van der Waals surface area contributed by atoms with E-state index in [1.165, 1.54) is 0 Å². The Kier molecular flexibility index (Phi) is 4.56. The Balaban J connectivity index is 2.16. The molecule has 5 heteroatoms. The quantitative estimate of drug-likeness (QED) is 0.390. The molecule has 0 atom stereocenters. The number of anilines is 1. The Labute approximate surface area is 123 Å². The van der Waals surface area contributed by atoms with E-state index >= 15 is 0 Å². The number of carbonyl (C=O) groups excluding carboxylic acids is 1. The van der Waals surface area contributed by atoms with Crippen LogP contribution in [-0.4, -0.2) is 24.0 Å². The number of carbonyl (C=O) groups is 1. The van der Waals surface area contributed by atoms with Crippen LogP contribution >= 0.6 is 0 Å². The Morgan fingerprint density at radius 3 is 2.57 bits per heavy atom. The molecule has 0 spiro atoms. The van der Waals surface area contributed by atoms with Gasteiger partial charge in [-0.15, -0.1) is 0 Å². The second kappa shape index (κ2) is 6.56. The van der Waals surface area contributed by atoms with Crippen LogP contribution in [0.4, 0.5) is 5.69 Å². The molecule has 21 heavy (non-hydrogen) atoms. The molecule has 0 aliphatic heterocycles. The molecule has 2 aromatic carbocycles. The van der Waals surface area contributed by atoms with Crippen molar-refractivity contribution in [3.8, 4) is 0 Å². The lowest BCUT2D eigenvalue weighted by atomic mass is 10.1. The van der Waals surface area contributed by atoms with Gasteiger partial charge in [0.15, 0.2) is 5.84 Å². The molecule has 3 N–H and O–H groups in total. The van der Waals surface area contributed by atoms with Crippen molar-refractivity contribution in [2.45, 2.75) is 6.42 Å². The molecule has 0 aliphatic carbocycles. The molecule has 0 bridgehead atoms. The summed E-state index contributed by atoms with van der Waals surface area (Å²) in [5.41, 5.74) is 7.78. The van der Waals surface area contributed by atoms with E-state index in [0.717, 1.165) is 5.56 Å². The van der Waals surface area contributed by atoms with Crippen LogP contribution in [0.15, 0.2) is 59.8 Å². The summed E-state index contributed by atoms with van der Waals surface area (Å²) in [4.78, 5) is 13.8. The lowest BCUT2D eigenvalue weighted by Gasteiger charge is -2.18. The van der Waals surface area contributed by atoms with Gasteiger partial charge in [-0.3, -0.25) is 4.79 Å². The van der Waals surface area contributed by atoms with Gasteiger partial charge >= 0.3 is 0 Å². The van der Waals surface area contributed by atoms with Gasteiger partial charge in [0.1, 0.15) is 0 Å². The minimum atomic E-state index is -0.0298. The first-order valence-electron chi connectivity index (χ1n) is 6.50. The summed E-state index contributed by atoms with van der Waals surface area (Å²) in [6, 6.07) is 16.5. The second-order valence-electron chi connectivity index (χ2n) is 4.65. The van der Waals surface area contributed by atoms with Crippen molar-refractivity contribution in [1.29, 1.82) is 0 Å². The minimum Gasteiger partial charge on any atom is -0.409 e. The van der Waals surface area contributed by atoms with E-state index < -0.39 is 0 Å². The number of hydrogen-bond donors (Lipinski definition) is 2. The Hall–Kier alpha value is -2.82. The van der Waals surface area contributed by atoms with Crippen molar-refractivity contribution in [1.82, 2.24) is 0 Å². The third-order valence-corrected chi connectivity index (χ3v) is 3.21. The number of amidine groups is 1. The van der Waals surface area contributed by atoms with Crippen LogP contribution in [0.5, 0.6) is 0 Å². The third kappa shape index (κ3) is 3.60. The molecule has 108 valence electrons. The molecule has 0 saturated carbocycles. The van der Waals surface area contributed by atoms with E-state index in [4.69, 9.17) is 10.9 Å². The second-order valence-corrected chi connectivity index (χ2v) is 4.65. The fourth-order valence-electron chi connectivity index (χ4n) is 1.96. The molecular formula is C16H17N3O2. The SMILES string of the molecule is CN(C(=O)Cc1ccccc1)c1cccc(C(N)=NO)c1. The van der Waals surface area contributed by atoms with Crippen molar-refractivity contribution < 1.29 is 10.0 Å². The molecule has 0 aromatic heterocycles. The summed E-state index contributed by atoms with van der Waals surface area (Å²) in [6.07, 6.45) is 0.325. The van der Waals surface area contributed by atoms with E-state index in [9.17, 15) is 4.79 Å². The Morgan fingerprint density at radius 1 is 1.19 bits per heavy atom. The summed E-state index contributed by atoms with van der Waals surface area (Å²) in [5.74, 6) is -0.0152. The molecule has 5 nitrogen and oxygen atoms in total. The van der Waals surface area contributed by atoms with Gasteiger partial charge in [0.25, 0.3) is 0 Å². The maximum absolute atomic E-state index is 12.3. The zero-order chi connectivity index (χ0) is 15.2. The number of likely N-dealkylation sites (N-methyl/N-ethyl adjacent to an activating group) is 1. The minimum absolute atomic E-state index is 0.0146. The van der Waals surface area contributed by atoms with Crippen LogP contribution in [0, 0.1) is 0 Å². The fraction of sp³-hybridized carbons (Fsp3) is 0.125. The van der Waals surface area contributed by atoms with Crippen LogP contribution in [0.25, 0.3) is 0 Å². The standard InChI is InChI=1S/C16H17N3O2/c1-19(15(20)10-12-6-3-2-4-7-12)14-9-5-8-13(11-14)16(17)18-21/h2-9,11,21H,10H2,1H3,(H2,17,18). The largest absolute Gasteiger partial charge is 0.409 e. The monoisotopic (exact) mass is 283 g/mol. The molecule has 0 fully saturated rings. The van der Waals surface area contributed by atoms with Crippen molar-refractivity contribution in [3.05, 3.63) is 65.7 Å². The molecule has 2 aromatic rings. The van der Waals surface area contributed by atoms with Gasteiger partial charge in [-0.25, -0.2) is 0 Å². The van der Waals surface area contributed by atoms with E-state index in [-0.39, 0.29) is 11.7 Å². The summed E-state index contributed by atoms with van der Waals surface area (Å²) in [6.45, 7) is 0. The zero-order valence-corrected chi connectivity index (χ0v) is 11.7. The maximum Gasteiger partial charge on any atom is 0.231 e. The van der Waals surface area contributed by atoms with Crippen LogP contribution in [0.1, 0.15) is 11.1 Å². The number of amides is 1. The van der Waals surface area contributed by atoms with Crippen molar-refractivity contribution >= 4 is 17.4 Å². The maximum atomic E-state index is 12.3. The number of nitrogens with two attached hydrogens (primary N) is 1. The van der Waals surface area contributed by atoms with E-state index in [1.807, 2.05) is 30.3 Å². The molecule has 1 amide bonds. The van der Waals surface area contributed by atoms with E-state index in [2.05, 4.69) is 5.16 Å². The van der Waals surface area contributed by atoms with E-state index in [1.54, 1.807) is 36.2 Å². The number of nitrogens with zero attached hydrogens (tertiary/aromatic N) is 2. The van der Waals surface area contributed by atoms with Crippen LogP contribution in [0.3, 0.4) is 0 Å². The summed E-state index contributed by atoms with van der Waals surface area (Å²) in [5, 5.41) is 11.7. The van der Waals surface area contributed by atoms with E-state index in [0.29, 0.717) is 17.7 Å². The molecule has 2 rings (SSSR count). The highest BCUT2D eigenvalue weighted by Crippen LogP contribution is 2.16. The first-order chi connectivity index (χ1) is 10.1. The van der Waals surface area contributed by atoms with Crippen molar-refractivity contribution in [2.75, 3.05) is 11.9 Å². The first-order valence-corrected chi connectivity index (χ1v) is 6.50. The van der Waals surface area contributed by atoms with Gasteiger partial charge < -0.3 is 15.8 Å². The van der Waals surface area contributed by atoms with Crippen molar-refractivity contribution in [3.63, 3.8) is 0 Å².